The van der Waals surface area contributed by atoms with Gasteiger partial charge in [-0.15, -0.1) is 0 Å². The molecule has 6 nitrogen and oxygen atoms in total. The van der Waals surface area contributed by atoms with E-state index in [1.165, 1.54) is 12.1 Å². The highest BCUT2D eigenvalue weighted by atomic mass is 19.1. The van der Waals surface area contributed by atoms with Crippen LogP contribution in [-0.2, 0) is 20.7 Å². The van der Waals surface area contributed by atoms with Gasteiger partial charge in [0.2, 0.25) is 11.8 Å². The van der Waals surface area contributed by atoms with Gasteiger partial charge in [-0.2, -0.15) is 0 Å². The van der Waals surface area contributed by atoms with Crippen molar-refractivity contribution in [3.8, 4) is 0 Å². The van der Waals surface area contributed by atoms with E-state index in [0.717, 1.165) is 5.56 Å². The molecule has 1 aliphatic rings. The minimum atomic E-state index is -0.874. The molecule has 1 saturated heterocycles. The minimum Gasteiger partial charge on any atom is -0.393 e. The van der Waals surface area contributed by atoms with Crippen LogP contribution in [0.5, 0.6) is 0 Å². The molecule has 0 aliphatic carbocycles. The zero-order valence-corrected chi connectivity index (χ0v) is 14.8. The Morgan fingerprint density at radius 2 is 2.12 bits per heavy atom. The maximum Gasteiger partial charge on any atom is 0.246 e. The largest absolute Gasteiger partial charge is 0.393 e. The minimum absolute atomic E-state index is 0.146. The second-order valence-corrected chi connectivity index (χ2v) is 6.95. The first-order valence-electron chi connectivity index (χ1n) is 8.76. The molecule has 1 fully saturated rings. The number of nitrogens with two attached hydrogens (primary N) is 2. The lowest BCUT2D eigenvalue weighted by atomic mass is 9.78. The quantitative estimate of drug-likeness (QED) is 0.639. The summed E-state index contributed by atoms with van der Waals surface area (Å²) >= 11 is 0. The van der Waals surface area contributed by atoms with E-state index in [9.17, 15) is 19.1 Å². The monoisotopic (exact) mass is 365 g/mol. The van der Waals surface area contributed by atoms with E-state index in [-0.39, 0.29) is 24.3 Å². The number of carbonyl (C=O) groups excluding carboxylic acids is 2. The molecule has 0 saturated carbocycles. The van der Waals surface area contributed by atoms with Crippen molar-refractivity contribution in [1.29, 1.82) is 0 Å². The van der Waals surface area contributed by atoms with E-state index in [4.69, 9.17) is 16.2 Å². The number of halogens is 1. The molecule has 1 heterocycles. The summed E-state index contributed by atoms with van der Waals surface area (Å²) in [6.45, 7) is 1.81. The molecule has 5 N–H and O–H groups in total. The predicted octanol–water partition coefficient (Wildman–Crippen LogP) is 1.09. The van der Waals surface area contributed by atoms with Gasteiger partial charge in [0.1, 0.15) is 11.9 Å². The summed E-state index contributed by atoms with van der Waals surface area (Å²) < 4.78 is 18.7. The van der Waals surface area contributed by atoms with E-state index in [2.05, 4.69) is 0 Å². The second-order valence-electron chi connectivity index (χ2n) is 6.95. The Balaban J connectivity index is 1.96. The van der Waals surface area contributed by atoms with Gasteiger partial charge < -0.3 is 21.3 Å². The van der Waals surface area contributed by atoms with E-state index in [0.29, 0.717) is 19.3 Å². The molecule has 1 aromatic carbocycles. The number of hydrogen-bond acceptors (Lipinski definition) is 4. The Hall–Kier alpha value is -1.99. The summed E-state index contributed by atoms with van der Waals surface area (Å²) in [6, 6.07) is 6.11. The molecule has 1 aromatic rings. The first kappa shape index (κ1) is 20.3. The number of amides is 2. The van der Waals surface area contributed by atoms with Crippen molar-refractivity contribution in [3.63, 3.8) is 0 Å². The lowest BCUT2D eigenvalue weighted by molar-refractivity contribution is -0.145. The molecule has 2 rings (SSSR count). The molecule has 1 radical (unpaired) electrons. The molecule has 26 heavy (non-hydrogen) atoms. The fourth-order valence-electron chi connectivity index (χ4n) is 3.53. The zero-order valence-electron chi connectivity index (χ0n) is 14.8. The highest BCUT2D eigenvalue weighted by Gasteiger charge is 2.37. The molecule has 0 spiro atoms. The molecule has 5 atom stereocenters. The van der Waals surface area contributed by atoms with Gasteiger partial charge in [0.05, 0.1) is 12.2 Å². The van der Waals surface area contributed by atoms with Gasteiger partial charge in [-0.1, -0.05) is 12.1 Å². The number of rotatable bonds is 8. The molecular formula is C19H26FN2O4. The standard InChI is InChI=1S/C19H26FN2O4/c1-11-7-13(9-17(26-11)19(22)25)16(18(21)24)10-15(23)6-5-12-3-2-4-14(20)8-12/h2-4,6,8,11,13,15-17,23H,5,7,9-10H2,1H3,(H2,21,24)(H2,22,25). The molecular weight excluding hydrogens is 339 g/mol. The van der Waals surface area contributed by atoms with Crippen LogP contribution in [0.15, 0.2) is 24.3 Å². The number of hydrogen-bond donors (Lipinski definition) is 3. The van der Waals surface area contributed by atoms with E-state index in [1.54, 1.807) is 18.6 Å². The van der Waals surface area contributed by atoms with Crippen molar-refractivity contribution >= 4 is 11.8 Å². The Labute approximate surface area is 152 Å². The summed E-state index contributed by atoms with van der Waals surface area (Å²) in [4.78, 5) is 23.4. The van der Waals surface area contributed by atoms with Crippen molar-refractivity contribution in [2.24, 2.45) is 23.3 Å². The van der Waals surface area contributed by atoms with Gasteiger partial charge in [-0.3, -0.25) is 9.59 Å². The Morgan fingerprint density at radius 1 is 1.38 bits per heavy atom. The van der Waals surface area contributed by atoms with E-state index in [1.807, 2.05) is 6.92 Å². The number of primary amides is 2. The Bertz CT molecular complexity index is 640. The maximum absolute atomic E-state index is 13.2. The van der Waals surface area contributed by atoms with Gasteiger partial charge >= 0.3 is 0 Å². The summed E-state index contributed by atoms with van der Waals surface area (Å²) in [6.07, 6.45) is 1.17. The molecule has 0 bridgehead atoms. The van der Waals surface area contributed by atoms with Crippen LogP contribution in [0.25, 0.3) is 0 Å². The number of carbonyl (C=O) groups is 2. The Kier molecular flexibility index (Phi) is 7.11. The summed E-state index contributed by atoms with van der Waals surface area (Å²) in [7, 11) is 0. The summed E-state index contributed by atoms with van der Waals surface area (Å²) in [5.74, 6) is -2.21. The van der Waals surface area contributed by atoms with Crippen molar-refractivity contribution in [3.05, 3.63) is 42.1 Å². The predicted molar refractivity (Wildman–Crippen MR) is 94.0 cm³/mol. The fraction of sp³-hybridized carbons (Fsp3) is 0.526. The van der Waals surface area contributed by atoms with Crippen molar-refractivity contribution in [2.45, 2.75) is 50.9 Å². The number of aliphatic hydroxyl groups is 1. The van der Waals surface area contributed by atoms with Crippen LogP contribution in [0.1, 0.15) is 31.7 Å². The van der Waals surface area contributed by atoms with Gasteiger partial charge in [0.15, 0.2) is 0 Å². The summed E-state index contributed by atoms with van der Waals surface area (Å²) in [5.41, 5.74) is 11.6. The van der Waals surface area contributed by atoms with Gasteiger partial charge in [0.25, 0.3) is 0 Å². The lowest BCUT2D eigenvalue weighted by Gasteiger charge is -2.36. The smallest absolute Gasteiger partial charge is 0.246 e. The van der Waals surface area contributed by atoms with E-state index >= 15 is 0 Å². The van der Waals surface area contributed by atoms with Gasteiger partial charge in [0, 0.05) is 5.92 Å². The topological polar surface area (TPSA) is 116 Å². The first-order chi connectivity index (χ1) is 12.3. The lowest BCUT2D eigenvalue weighted by Crippen LogP contribution is -2.45. The van der Waals surface area contributed by atoms with Crippen molar-refractivity contribution in [1.82, 2.24) is 0 Å². The van der Waals surface area contributed by atoms with Crippen LogP contribution in [-0.4, -0.2) is 35.2 Å². The van der Waals surface area contributed by atoms with E-state index < -0.39 is 29.9 Å². The van der Waals surface area contributed by atoms with Crippen LogP contribution < -0.4 is 11.5 Å². The van der Waals surface area contributed by atoms with Crippen molar-refractivity contribution in [2.75, 3.05) is 0 Å². The zero-order chi connectivity index (χ0) is 19.3. The van der Waals surface area contributed by atoms with Crippen LogP contribution >= 0.6 is 0 Å². The summed E-state index contributed by atoms with van der Waals surface area (Å²) in [5, 5.41) is 10.3. The third-order valence-electron chi connectivity index (χ3n) is 4.81. The Morgan fingerprint density at radius 3 is 2.73 bits per heavy atom. The molecule has 2 amide bonds. The maximum atomic E-state index is 13.2. The highest BCUT2D eigenvalue weighted by molar-refractivity contribution is 5.80. The number of ether oxygens (including phenoxy) is 1. The molecule has 1 aliphatic heterocycles. The normalized spacial score (nSPS) is 25.4. The molecule has 7 heteroatoms. The third kappa shape index (κ3) is 5.78. The average Bonchev–Trinajstić information content (AvgIpc) is 2.57. The van der Waals surface area contributed by atoms with Crippen LogP contribution in [0.3, 0.4) is 0 Å². The number of benzene rings is 1. The SMILES string of the molecule is CC1CC(C(CC(O)[CH]Cc2cccc(F)c2)C(N)=O)CC(C(N)=O)O1. The molecule has 0 aromatic heterocycles. The van der Waals surface area contributed by atoms with Gasteiger partial charge in [-0.05, 0) is 62.6 Å². The average molecular weight is 365 g/mol. The fourth-order valence-corrected chi connectivity index (χ4v) is 3.53. The molecule has 143 valence electrons. The third-order valence-corrected chi connectivity index (χ3v) is 4.81. The van der Waals surface area contributed by atoms with Crippen LogP contribution in [0.2, 0.25) is 0 Å². The highest BCUT2D eigenvalue weighted by Crippen LogP contribution is 2.33. The van der Waals surface area contributed by atoms with Crippen LogP contribution in [0.4, 0.5) is 4.39 Å². The molecule has 5 unspecified atom stereocenters. The van der Waals surface area contributed by atoms with Gasteiger partial charge in [-0.25, -0.2) is 4.39 Å². The number of aliphatic hydroxyl groups excluding tert-OH is 1. The van der Waals surface area contributed by atoms with Crippen LogP contribution in [0, 0.1) is 24.1 Å². The van der Waals surface area contributed by atoms with Crippen molar-refractivity contribution < 1.29 is 23.8 Å². The second kappa shape index (κ2) is 9.09. The first-order valence-corrected chi connectivity index (χ1v) is 8.76.